The fourth-order valence-electron chi connectivity index (χ4n) is 3.21. The summed E-state index contributed by atoms with van der Waals surface area (Å²) in [6.07, 6.45) is 0. The van der Waals surface area contributed by atoms with Crippen LogP contribution >= 0.6 is 11.3 Å². The first-order valence-electron chi connectivity index (χ1n) is 8.93. The molecule has 148 valence electrons. The van der Waals surface area contributed by atoms with Gasteiger partial charge in [0, 0.05) is 12.6 Å². The second-order valence-electron chi connectivity index (χ2n) is 6.43. The van der Waals surface area contributed by atoms with Crippen LogP contribution < -0.4 is 14.8 Å². The summed E-state index contributed by atoms with van der Waals surface area (Å²) in [6.45, 7) is 0.457. The number of amides is 1. The number of nitrogens with zero attached hydrogens (tertiary/aromatic N) is 1. The Morgan fingerprint density at radius 2 is 1.86 bits per heavy atom. The Morgan fingerprint density at radius 1 is 1.07 bits per heavy atom. The standard InChI is InChI=1S/C22H19FN2O3S/c1-27-16-7-8-20(28-2)17(11-16)24-22(26)19-12-21-18(9-10-29-21)25(19)13-14-3-5-15(23)6-4-14/h3-12H,13H2,1-2H3,(H,24,26). The smallest absolute Gasteiger partial charge is 0.272 e. The first-order valence-corrected chi connectivity index (χ1v) is 9.81. The van der Waals surface area contributed by atoms with Crippen molar-refractivity contribution in [3.05, 3.63) is 77.1 Å². The van der Waals surface area contributed by atoms with E-state index in [9.17, 15) is 9.18 Å². The van der Waals surface area contributed by atoms with Gasteiger partial charge in [-0.1, -0.05) is 12.1 Å². The van der Waals surface area contributed by atoms with Crippen molar-refractivity contribution in [2.75, 3.05) is 19.5 Å². The summed E-state index contributed by atoms with van der Waals surface area (Å²) in [7, 11) is 3.11. The molecule has 7 heteroatoms. The van der Waals surface area contributed by atoms with E-state index in [1.165, 1.54) is 12.1 Å². The lowest BCUT2D eigenvalue weighted by atomic mass is 10.2. The quantitative estimate of drug-likeness (QED) is 0.478. The van der Waals surface area contributed by atoms with Gasteiger partial charge in [0.05, 0.1) is 30.1 Å². The fourth-order valence-corrected chi connectivity index (χ4v) is 4.03. The molecule has 4 aromatic rings. The number of hydrogen-bond donors (Lipinski definition) is 1. The predicted molar refractivity (Wildman–Crippen MR) is 113 cm³/mol. The summed E-state index contributed by atoms with van der Waals surface area (Å²) >= 11 is 1.57. The molecule has 0 aliphatic carbocycles. The van der Waals surface area contributed by atoms with Crippen LogP contribution in [0.5, 0.6) is 11.5 Å². The number of thiophene rings is 1. The molecule has 0 aliphatic heterocycles. The van der Waals surface area contributed by atoms with E-state index in [1.54, 1.807) is 55.9 Å². The number of nitrogens with one attached hydrogen (secondary N) is 1. The van der Waals surface area contributed by atoms with Gasteiger partial charge in [-0.2, -0.15) is 0 Å². The molecule has 2 heterocycles. The Balaban J connectivity index is 1.69. The monoisotopic (exact) mass is 410 g/mol. The van der Waals surface area contributed by atoms with Gasteiger partial charge in [-0.05, 0) is 47.3 Å². The molecule has 0 bridgehead atoms. The van der Waals surface area contributed by atoms with E-state index in [1.807, 2.05) is 22.1 Å². The van der Waals surface area contributed by atoms with Gasteiger partial charge in [0.2, 0.25) is 0 Å². The molecule has 0 spiro atoms. The summed E-state index contributed by atoms with van der Waals surface area (Å²) in [5.41, 5.74) is 2.90. The number of fused-ring (bicyclic) bond motifs is 1. The van der Waals surface area contributed by atoms with Crippen LogP contribution in [0.15, 0.2) is 60.0 Å². The minimum atomic E-state index is -0.287. The minimum absolute atomic E-state index is 0.262. The van der Waals surface area contributed by atoms with E-state index < -0.39 is 0 Å². The van der Waals surface area contributed by atoms with Gasteiger partial charge in [0.15, 0.2) is 0 Å². The lowest BCUT2D eigenvalue weighted by Gasteiger charge is -2.14. The van der Waals surface area contributed by atoms with E-state index >= 15 is 0 Å². The average molecular weight is 410 g/mol. The molecule has 1 N–H and O–H groups in total. The largest absolute Gasteiger partial charge is 0.497 e. The van der Waals surface area contributed by atoms with Crippen LogP contribution in [0, 0.1) is 5.82 Å². The molecule has 0 atom stereocenters. The topological polar surface area (TPSA) is 52.5 Å². The average Bonchev–Trinajstić information content (AvgIpc) is 3.32. The molecule has 2 aromatic heterocycles. The molecule has 2 aromatic carbocycles. The molecule has 0 fully saturated rings. The van der Waals surface area contributed by atoms with Crippen LogP contribution in [0.25, 0.3) is 10.2 Å². The molecule has 0 saturated heterocycles. The summed E-state index contributed by atoms with van der Waals surface area (Å²) in [6, 6.07) is 15.4. The molecule has 0 aliphatic rings. The number of ether oxygens (including phenoxy) is 2. The van der Waals surface area contributed by atoms with Crippen molar-refractivity contribution < 1.29 is 18.7 Å². The van der Waals surface area contributed by atoms with Crippen LogP contribution in [0.4, 0.5) is 10.1 Å². The maximum atomic E-state index is 13.3. The third-order valence-electron chi connectivity index (χ3n) is 4.66. The summed E-state index contributed by atoms with van der Waals surface area (Å²) in [5, 5.41) is 4.90. The molecule has 0 radical (unpaired) electrons. The summed E-state index contributed by atoms with van der Waals surface area (Å²) in [4.78, 5) is 13.1. The molecule has 0 unspecified atom stereocenters. The first-order chi connectivity index (χ1) is 14.1. The highest BCUT2D eigenvalue weighted by molar-refractivity contribution is 7.17. The normalized spacial score (nSPS) is 10.9. The van der Waals surface area contributed by atoms with Crippen molar-refractivity contribution in [1.29, 1.82) is 0 Å². The second-order valence-corrected chi connectivity index (χ2v) is 7.38. The zero-order valence-corrected chi connectivity index (χ0v) is 16.8. The lowest BCUT2D eigenvalue weighted by Crippen LogP contribution is -2.18. The van der Waals surface area contributed by atoms with Crippen LogP contribution in [0.1, 0.15) is 16.1 Å². The maximum absolute atomic E-state index is 13.3. The van der Waals surface area contributed by atoms with Gasteiger partial charge in [0.25, 0.3) is 5.91 Å². The third kappa shape index (κ3) is 3.82. The van der Waals surface area contributed by atoms with E-state index in [0.29, 0.717) is 29.4 Å². The van der Waals surface area contributed by atoms with Crippen molar-refractivity contribution in [2.24, 2.45) is 0 Å². The van der Waals surface area contributed by atoms with Crippen LogP contribution in [0.2, 0.25) is 0 Å². The molecule has 4 rings (SSSR count). The summed E-state index contributed by atoms with van der Waals surface area (Å²) in [5.74, 6) is 0.605. The van der Waals surface area contributed by atoms with E-state index in [0.717, 1.165) is 15.8 Å². The molecule has 1 amide bonds. The van der Waals surface area contributed by atoms with Crippen molar-refractivity contribution in [3.8, 4) is 11.5 Å². The van der Waals surface area contributed by atoms with Crippen LogP contribution in [-0.4, -0.2) is 24.7 Å². The number of aromatic nitrogens is 1. The number of rotatable bonds is 6. The lowest BCUT2D eigenvalue weighted by molar-refractivity contribution is 0.101. The molecule has 29 heavy (non-hydrogen) atoms. The number of methoxy groups -OCH3 is 2. The van der Waals surface area contributed by atoms with Gasteiger partial charge < -0.3 is 19.4 Å². The highest BCUT2D eigenvalue weighted by atomic mass is 32.1. The molecule has 0 saturated carbocycles. The first kappa shape index (κ1) is 19.0. The molecular formula is C22H19FN2O3S. The van der Waals surface area contributed by atoms with Gasteiger partial charge in [-0.25, -0.2) is 4.39 Å². The Hall–Kier alpha value is -3.32. The Labute approximate surface area is 171 Å². The van der Waals surface area contributed by atoms with Crippen LogP contribution in [0.3, 0.4) is 0 Å². The predicted octanol–water partition coefficient (Wildman–Crippen LogP) is 5.16. The van der Waals surface area contributed by atoms with E-state index in [4.69, 9.17) is 9.47 Å². The Bertz CT molecular complexity index is 1160. The zero-order chi connectivity index (χ0) is 20.4. The number of carbonyl (C=O) groups excluding carboxylic acids is 1. The number of benzene rings is 2. The van der Waals surface area contributed by atoms with Crippen molar-refractivity contribution in [3.63, 3.8) is 0 Å². The van der Waals surface area contributed by atoms with Gasteiger partial charge >= 0.3 is 0 Å². The maximum Gasteiger partial charge on any atom is 0.272 e. The van der Waals surface area contributed by atoms with Crippen molar-refractivity contribution in [2.45, 2.75) is 6.54 Å². The van der Waals surface area contributed by atoms with Crippen molar-refractivity contribution >= 4 is 33.1 Å². The van der Waals surface area contributed by atoms with Gasteiger partial charge in [-0.3, -0.25) is 4.79 Å². The number of carbonyl (C=O) groups is 1. The Morgan fingerprint density at radius 3 is 2.59 bits per heavy atom. The molecular weight excluding hydrogens is 391 g/mol. The zero-order valence-electron chi connectivity index (χ0n) is 15.9. The number of anilines is 1. The highest BCUT2D eigenvalue weighted by Gasteiger charge is 2.18. The number of halogens is 1. The van der Waals surface area contributed by atoms with Gasteiger partial charge in [0.1, 0.15) is 23.0 Å². The molecule has 5 nitrogen and oxygen atoms in total. The van der Waals surface area contributed by atoms with E-state index in [-0.39, 0.29) is 11.7 Å². The minimum Gasteiger partial charge on any atom is -0.497 e. The van der Waals surface area contributed by atoms with Crippen molar-refractivity contribution in [1.82, 2.24) is 4.57 Å². The van der Waals surface area contributed by atoms with E-state index in [2.05, 4.69) is 5.32 Å². The Kier molecular flexibility index (Phi) is 5.22. The highest BCUT2D eigenvalue weighted by Crippen LogP contribution is 2.31. The second kappa shape index (κ2) is 7.97. The fraction of sp³-hybridized carbons (Fsp3) is 0.136. The summed E-state index contributed by atoms with van der Waals surface area (Å²) < 4.78 is 26.8. The van der Waals surface area contributed by atoms with Crippen LogP contribution in [-0.2, 0) is 6.54 Å². The number of hydrogen-bond acceptors (Lipinski definition) is 4. The SMILES string of the molecule is COc1ccc(OC)c(NC(=O)c2cc3sccc3n2Cc2ccc(F)cc2)c1. The van der Waals surface area contributed by atoms with Gasteiger partial charge in [-0.15, -0.1) is 11.3 Å². The third-order valence-corrected chi connectivity index (χ3v) is 5.52.